The number of nitrogens with two attached hydrogens (primary N) is 1. The Labute approximate surface area is 119 Å². The van der Waals surface area contributed by atoms with Crippen LogP contribution in [0.2, 0.25) is 0 Å². The third-order valence-corrected chi connectivity index (χ3v) is 3.36. The highest BCUT2D eigenvalue weighted by molar-refractivity contribution is 5.60. The Morgan fingerprint density at radius 1 is 1.40 bits per heavy atom. The second-order valence-corrected chi connectivity index (χ2v) is 4.92. The summed E-state index contributed by atoms with van der Waals surface area (Å²) < 4.78 is 0. The van der Waals surface area contributed by atoms with Crippen LogP contribution in [0.25, 0.3) is 0 Å². The highest BCUT2D eigenvalue weighted by atomic mass is 16.6. The Kier molecular flexibility index (Phi) is 6.14. The van der Waals surface area contributed by atoms with Crippen LogP contribution in [0.4, 0.5) is 17.5 Å². The minimum absolute atomic E-state index is 0.0530. The highest BCUT2D eigenvalue weighted by Crippen LogP contribution is 2.26. The van der Waals surface area contributed by atoms with Gasteiger partial charge in [0.15, 0.2) is 0 Å². The summed E-state index contributed by atoms with van der Waals surface area (Å²) in [5.41, 5.74) is 5.75. The van der Waals surface area contributed by atoms with Gasteiger partial charge in [-0.05, 0) is 19.3 Å². The number of nitrogen functional groups attached to an aromatic ring is 1. The number of anilines is 2. The first-order chi connectivity index (χ1) is 9.49. The van der Waals surface area contributed by atoms with E-state index in [1.807, 2.05) is 0 Å². The van der Waals surface area contributed by atoms with Crippen molar-refractivity contribution in [1.82, 2.24) is 9.97 Å². The van der Waals surface area contributed by atoms with Crippen LogP contribution in [0.15, 0.2) is 0 Å². The number of aromatic nitrogens is 2. The molecule has 1 atom stereocenters. The van der Waals surface area contributed by atoms with Gasteiger partial charge >= 0.3 is 5.69 Å². The van der Waals surface area contributed by atoms with Crippen LogP contribution in [0.3, 0.4) is 0 Å². The number of hydrogen-bond donors (Lipinski definition) is 2. The van der Waals surface area contributed by atoms with Crippen LogP contribution in [0.5, 0.6) is 0 Å². The predicted molar refractivity (Wildman–Crippen MR) is 79.6 cm³/mol. The van der Waals surface area contributed by atoms with Crippen LogP contribution in [-0.2, 0) is 0 Å². The molecular formula is C13H23N5O2. The number of nitrogens with one attached hydrogen (secondary N) is 1. The predicted octanol–water partition coefficient (Wildman–Crippen LogP) is 2.90. The van der Waals surface area contributed by atoms with Crippen LogP contribution < -0.4 is 11.1 Å². The summed E-state index contributed by atoms with van der Waals surface area (Å²) in [5, 5.41) is 14.1. The first-order valence-electron chi connectivity index (χ1n) is 7.01. The molecule has 112 valence electrons. The molecule has 0 spiro atoms. The van der Waals surface area contributed by atoms with Gasteiger partial charge in [-0.25, -0.2) is 4.98 Å². The summed E-state index contributed by atoms with van der Waals surface area (Å²) in [6.07, 6.45) is 4.44. The number of nitro groups is 1. The van der Waals surface area contributed by atoms with Gasteiger partial charge in [0, 0.05) is 6.54 Å². The summed E-state index contributed by atoms with van der Waals surface area (Å²) in [4.78, 5) is 18.4. The fourth-order valence-electron chi connectivity index (χ4n) is 2.11. The van der Waals surface area contributed by atoms with Crippen LogP contribution in [0, 0.1) is 23.0 Å². The van der Waals surface area contributed by atoms with E-state index in [-0.39, 0.29) is 23.1 Å². The topological polar surface area (TPSA) is 107 Å². The Hall–Kier alpha value is -1.92. The quantitative estimate of drug-likeness (QED) is 0.560. The van der Waals surface area contributed by atoms with Crippen molar-refractivity contribution in [1.29, 1.82) is 0 Å². The third-order valence-electron chi connectivity index (χ3n) is 3.36. The highest BCUT2D eigenvalue weighted by Gasteiger charge is 2.21. The molecule has 3 N–H and O–H groups in total. The van der Waals surface area contributed by atoms with Crippen molar-refractivity contribution >= 4 is 17.5 Å². The maximum absolute atomic E-state index is 11.1. The van der Waals surface area contributed by atoms with Crippen molar-refractivity contribution in [3.05, 3.63) is 15.8 Å². The number of rotatable bonds is 8. The Bertz CT molecular complexity index is 464. The second kappa shape index (κ2) is 7.62. The van der Waals surface area contributed by atoms with Crippen molar-refractivity contribution in [2.24, 2.45) is 5.92 Å². The SMILES string of the molecule is CCCCC(CC)CNc1nc(N)nc(C)c1[N+](=O)[O-]. The molecule has 0 fully saturated rings. The average molecular weight is 281 g/mol. The van der Waals surface area contributed by atoms with E-state index >= 15 is 0 Å². The number of aryl methyl sites for hydroxylation is 1. The van der Waals surface area contributed by atoms with Gasteiger partial charge in [0.05, 0.1) is 4.92 Å². The minimum atomic E-state index is -0.468. The molecule has 0 saturated heterocycles. The van der Waals surface area contributed by atoms with E-state index in [9.17, 15) is 10.1 Å². The molecule has 0 aromatic carbocycles. The average Bonchev–Trinajstić information content (AvgIpc) is 2.37. The number of hydrogen-bond acceptors (Lipinski definition) is 6. The lowest BCUT2D eigenvalue weighted by Crippen LogP contribution is -2.16. The van der Waals surface area contributed by atoms with E-state index < -0.39 is 4.92 Å². The lowest BCUT2D eigenvalue weighted by molar-refractivity contribution is -0.385. The molecule has 1 heterocycles. The lowest BCUT2D eigenvalue weighted by Gasteiger charge is -2.16. The molecule has 1 unspecified atom stereocenters. The molecule has 7 heteroatoms. The maximum atomic E-state index is 11.1. The van der Waals surface area contributed by atoms with E-state index in [4.69, 9.17) is 5.73 Å². The number of unbranched alkanes of at least 4 members (excludes halogenated alkanes) is 1. The summed E-state index contributed by atoms with van der Waals surface area (Å²) in [6, 6.07) is 0. The molecule has 20 heavy (non-hydrogen) atoms. The molecule has 0 bridgehead atoms. The summed E-state index contributed by atoms with van der Waals surface area (Å²) >= 11 is 0. The van der Waals surface area contributed by atoms with Gasteiger partial charge in [-0.3, -0.25) is 10.1 Å². The van der Waals surface area contributed by atoms with E-state index in [1.54, 1.807) is 6.92 Å². The summed E-state index contributed by atoms with van der Waals surface area (Å²) in [7, 11) is 0. The van der Waals surface area contributed by atoms with Crippen molar-refractivity contribution < 1.29 is 4.92 Å². The molecule has 0 aliphatic heterocycles. The monoisotopic (exact) mass is 281 g/mol. The number of nitrogens with zero attached hydrogens (tertiary/aromatic N) is 3. The van der Waals surface area contributed by atoms with Gasteiger partial charge in [0.2, 0.25) is 11.8 Å². The van der Waals surface area contributed by atoms with E-state index in [1.165, 1.54) is 0 Å². The molecule has 0 saturated carbocycles. The van der Waals surface area contributed by atoms with Crippen molar-refractivity contribution in [3.63, 3.8) is 0 Å². The molecule has 0 amide bonds. The third kappa shape index (κ3) is 4.32. The Balaban J connectivity index is 2.83. The van der Waals surface area contributed by atoms with E-state index in [0.29, 0.717) is 12.5 Å². The van der Waals surface area contributed by atoms with Crippen LogP contribution in [0.1, 0.15) is 45.2 Å². The zero-order valence-corrected chi connectivity index (χ0v) is 12.3. The summed E-state index contributed by atoms with van der Waals surface area (Å²) in [5.74, 6) is 0.748. The van der Waals surface area contributed by atoms with Crippen LogP contribution in [-0.4, -0.2) is 21.4 Å². The van der Waals surface area contributed by atoms with Crippen molar-refractivity contribution in [3.8, 4) is 0 Å². The fraction of sp³-hybridized carbons (Fsp3) is 0.692. The van der Waals surface area contributed by atoms with Crippen molar-refractivity contribution in [2.75, 3.05) is 17.6 Å². The smallest absolute Gasteiger partial charge is 0.332 e. The lowest BCUT2D eigenvalue weighted by atomic mass is 9.99. The zero-order chi connectivity index (χ0) is 15.1. The van der Waals surface area contributed by atoms with E-state index in [0.717, 1.165) is 25.7 Å². The maximum Gasteiger partial charge on any atom is 0.332 e. The molecule has 0 aliphatic carbocycles. The zero-order valence-electron chi connectivity index (χ0n) is 12.3. The largest absolute Gasteiger partial charge is 0.368 e. The van der Waals surface area contributed by atoms with Gasteiger partial charge in [-0.2, -0.15) is 4.98 Å². The summed E-state index contributed by atoms with van der Waals surface area (Å²) in [6.45, 7) is 6.50. The van der Waals surface area contributed by atoms with Crippen molar-refractivity contribution in [2.45, 2.75) is 46.5 Å². The van der Waals surface area contributed by atoms with Gasteiger partial charge < -0.3 is 11.1 Å². The van der Waals surface area contributed by atoms with Gasteiger partial charge in [-0.15, -0.1) is 0 Å². The molecule has 0 radical (unpaired) electrons. The van der Waals surface area contributed by atoms with E-state index in [2.05, 4.69) is 29.1 Å². The van der Waals surface area contributed by atoms with Gasteiger partial charge in [0.1, 0.15) is 5.69 Å². The Morgan fingerprint density at radius 2 is 2.10 bits per heavy atom. The first kappa shape index (κ1) is 16.1. The molecule has 1 aromatic rings. The molecule has 0 aliphatic rings. The van der Waals surface area contributed by atoms with Gasteiger partial charge in [-0.1, -0.05) is 33.1 Å². The Morgan fingerprint density at radius 3 is 2.65 bits per heavy atom. The molecule has 1 rings (SSSR count). The normalized spacial score (nSPS) is 12.2. The second-order valence-electron chi connectivity index (χ2n) is 4.92. The minimum Gasteiger partial charge on any atom is -0.368 e. The standard InChI is InChI=1S/C13H23N5O2/c1-4-6-7-10(5-2)8-15-12-11(18(19)20)9(3)16-13(14)17-12/h10H,4-8H2,1-3H3,(H3,14,15,16,17). The fourth-order valence-corrected chi connectivity index (χ4v) is 2.11. The van der Waals surface area contributed by atoms with Crippen LogP contribution >= 0.6 is 0 Å². The molecule has 7 nitrogen and oxygen atoms in total. The first-order valence-corrected chi connectivity index (χ1v) is 7.01. The molecular weight excluding hydrogens is 258 g/mol. The molecule has 1 aromatic heterocycles. The van der Waals surface area contributed by atoms with Gasteiger partial charge in [0.25, 0.3) is 0 Å².